The van der Waals surface area contributed by atoms with E-state index in [1.165, 1.54) is 13.1 Å². The van der Waals surface area contributed by atoms with E-state index < -0.39 is 17.8 Å². The Hall–Kier alpha value is -2.38. The van der Waals surface area contributed by atoms with E-state index in [2.05, 4.69) is 21.2 Å². The normalized spacial score (nSPS) is 16.7. The van der Waals surface area contributed by atoms with Crippen molar-refractivity contribution in [3.63, 3.8) is 0 Å². The molecule has 1 saturated heterocycles. The molecule has 1 aliphatic heterocycles. The zero-order valence-corrected chi connectivity index (χ0v) is 14.6. The summed E-state index contributed by atoms with van der Waals surface area (Å²) in [5, 5.41) is 2.61. The third-order valence-corrected chi connectivity index (χ3v) is 4.65. The van der Waals surface area contributed by atoms with Gasteiger partial charge in [0, 0.05) is 17.1 Å². The summed E-state index contributed by atoms with van der Waals surface area (Å²) in [6, 6.07) is 7.90. The second-order valence-electron chi connectivity index (χ2n) is 5.01. The van der Waals surface area contributed by atoms with E-state index in [0.29, 0.717) is 16.5 Å². The van der Waals surface area contributed by atoms with E-state index in [4.69, 9.17) is 16.0 Å². The first-order chi connectivity index (χ1) is 11.4. The van der Waals surface area contributed by atoms with Crippen LogP contribution in [-0.4, -0.2) is 29.8 Å². The molecule has 2 heterocycles. The van der Waals surface area contributed by atoms with Crippen LogP contribution in [0.4, 0.5) is 4.79 Å². The Morgan fingerprint density at radius 2 is 1.96 bits per heavy atom. The number of amides is 4. The van der Waals surface area contributed by atoms with Crippen LogP contribution in [-0.2, 0) is 9.59 Å². The van der Waals surface area contributed by atoms with Gasteiger partial charge in [-0.25, -0.2) is 4.79 Å². The van der Waals surface area contributed by atoms with E-state index in [9.17, 15) is 14.4 Å². The number of hydrogen-bond acceptors (Lipinski definition) is 4. The lowest BCUT2D eigenvalue weighted by Crippen LogP contribution is -2.52. The van der Waals surface area contributed by atoms with Gasteiger partial charge in [0.2, 0.25) is 0 Å². The van der Waals surface area contributed by atoms with Crippen LogP contribution in [0.5, 0.6) is 0 Å². The van der Waals surface area contributed by atoms with Crippen molar-refractivity contribution in [2.75, 3.05) is 7.05 Å². The van der Waals surface area contributed by atoms with Crippen molar-refractivity contribution >= 4 is 51.5 Å². The Labute approximate surface area is 150 Å². The fourth-order valence-corrected chi connectivity index (χ4v) is 2.55. The molecule has 1 aromatic carbocycles. The number of hydrogen-bond donors (Lipinski definition) is 1. The number of rotatable bonds is 2. The van der Waals surface area contributed by atoms with Gasteiger partial charge in [0.15, 0.2) is 0 Å². The zero-order valence-electron chi connectivity index (χ0n) is 12.3. The molecule has 0 unspecified atom stereocenters. The van der Waals surface area contributed by atoms with Crippen molar-refractivity contribution in [2.24, 2.45) is 0 Å². The minimum atomic E-state index is -0.758. The maximum Gasteiger partial charge on any atom is 0.331 e. The van der Waals surface area contributed by atoms with E-state index in [1.54, 1.807) is 24.3 Å². The molecule has 0 atom stereocenters. The summed E-state index contributed by atoms with van der Waals surface area (Å²) in [4.78, 5) is 36.0. The monoisotopic (exact) mass is 408 g/mol. The molecular weight excluding hydrogens is 400 g/mol. The van der Waals surface area contributed by atoms with Crippen LogP contribution >= 0.6 is 27.5 Å². The van der Waals surface area contributed by atoms with E-state index >= 15 is 0 Å². The quantitative estimate of drug-likeness (QED) is 0.608. The highest BCUT2D eigenvalue weighted by Crippen LogP contribution is 2.30. The molecule has 24 heavy (non-hydrogen) atoms. The lowest BCUT2D eigenvalue weighted by Gasteiger charge is -2.21. The van der Waals surface area contributed by atoms with E-state index in [0.717, 1.165) is 14.9 Å². The number of nitrogens with one attached hydrogen (secondary N) is 1. The van der Waals surface area contributed by atoms with Gasteiger partial charge in [0.25, 0.3) is 11.8 Å². The van der Waals surface area contributed by atoms with Crippen LogP contribution in [0.2, 0.25) is 5.02 Å². The number of furan rings is 1. The minimum absolute atomic E-state index is 0.174. The Bertz CT molecular complexity index is 903. The van der Waals surface area contributed by atoms with Crippen molar-refractivity contribution in [3.05, 3.63) is 51.2 Å². The van der Waals surface area contributed by atoms with Crippen LogP contribution < -0.4 is 5.32 Å². The Morgan fingerprint density at radius 3 is 2.67 bits per heavy atom. The highest BCUT2D eigenvalue weighted by molar-refractivity contribution is 9.10. The van der Waals surface area contributed by atoms with Crippen LogP contribution in [0.3, 0.4) is 0 Å². The number of benzene rings is 1. The molecule has 4 amide bonds. The van der Waals surface area contributed by atoms with Crippen LogP contribution in [0.15, 0.2) is 44.8 Å². The molecule has 0 aliphatic carbocycles. The molecule has 3 rings (SSSR count). The maximum atomic E-state index is 12.0. The largest absolute Gasteiger partial charge is 0.457 e. The zero-order chi connectivity index (χ0) is 17.4. The summed E-state index contributed by atoms with van der Waals surface area (Å²) in [5.74, 6) is -0.601. The van der Waals surface area contributed by atoms with Crippen molar-refractivity contribution in [2.45, 2.75) is 0 Å². The molecule has 0 bridgehead atoms. The van der Waals surface area contributed by atoms with Gasteiger partial charge in [-0.15, -0.1) is 0 Å². The summed E-state index contributed by atoms with van der Waals surface area (Å²) in [6.07, 6.45) is 1.30. The molecule has 1 fully saturated rings. The fourth-order valence-electron chi connectivity index (χ4n) is 2.12. The highest BCUT2D eigenvalue weighted by Gasteiger charge is 2.33. The first-order valence-corrected chi connectivity index (χ1v) is 7.94. The predicted molar refractivity (Wildman–Crippen MR) is 91.1 cm³/mol. The SMILES string of the molecule is CN1C(=O)NC(=O)C(=Cc2ccc(-c3ccc(Br)c(Cl)c3)o2)C1=O. The van der Waals surface area contributed by atoms with Crippen LogP contribution in [0, 0.1) is 0 Å². The molecule has 122 valence electrons. The maximum absolute atomic E-state index is 12.0. The summed E-state index contributed by atoms with van der Waals surface area (Å²) in [6.45, 7) is 0. The second kappa shape index (κ2) is 6.26. The van der Waals surface area contributed by atoms with Crippen LogP contribution in [0.25, 0.3) is 17.4 Å². The van der Waals surface area contributed by atoms with Gasteiger partial charge in [-0.2, -0.15) is 0 Å². The first kappa shape index (κ1) is 16.5. The average Bonchev–Trinajstić information content (AvgIpc) is 3.01. The topological polar surface area (TPSA) is 79.6 Å². The lowest BCUT2D eigenvalue weighted by atomic mass is 10.1. The summed E-state index contributed by atoms with van der Waals surface area (Å²) < 4.78 is 6.40. The van der Waals surface area contributed by atoms with Crippen molar-refractivity contribution < 1.29 is 18.8 Å². The van der Waals surface area contributed by atoms with E-state index in [-0.39, 0.29) is 5.57 Å². The molecule has 1 N–H and O–H groups in total. The van der Waals surface area contributed by atoms with E-state index in [1.807, 2.05) is 6.07 Å². The Morgan fingerprint density at radius 1 is 1.21 bits per heavy atom. The van der Waals surface area contributed by atoms with Crippen molar-refractivity contribution in [1.82, 2.24) is 10.2 Å². The molecule has 0 spiro atoms. The van der Waals surface area contributed by atoms with Crippen LogP contribution in [0.1, 0.15) is 5.76 Å². The number of nitrogens with zero attached hydrogens (tertiary/aromatic N) is 1. The Kier molecular flexibility index (Phi) is 4.29. The van der Waals surface area contributed by atoms with Gasteiger partial charge < -0.3 is 4.42 Å². The molecule has 8 heteroatoms. The standard InChI is InChI=1S/C16H10BrClN2O4/c1-20-15(22)10(14(21)19-16(20)23)7-9-3-5-13(24-9)8-2-4-11(17)12(18)6-8/h2-7H,1H3,(H,19,21,23). The van der Waals surface area contributed by atoms with Gasteiger partial charge in [-0.3, -0.25) is 19.8 Å². The summed E-state index contributed by atoms with van der Waals surface area (Å²) in [5.41, 5.74) is 0.575. The molecule has 6 nitrogen and oxygen atoms in total. The Balaban J connectivity index is 1.93. The average molecular weight is 410 g/mol. The number of halogens is 2. The third-order valence-electron chi connectivity index (χ3n) is 3.42. The summed E-state index contributed by atoms with van der Waals surface area (Å²) >= 11 is 9.37. The molecule has 2 aromatic rings. The molecular formula is C16H10BrClN2O4. The second-order valence-corrected chi connectivity index (χ2v) is 6.27. The first-order valence-electron chi connectivity index (χ1n) is 6.77. The van der Waals surface area contributed by atoms with Crippen molar-refractivity contribution in [1.29, 1.82) is 0 Å². The molecule has 1 aromatic heterocycles. The molecule has 1 aliphatic rings. The number of likely N-dealkylation sites (N-methyl/N-ethyl adjacent to an activating group) is 1. The van der Waals surface area contributed by atoms with Gasteiger partial charge in [0.1, 0.15) is 17.1 Å². The number of urea groups is 1. The smallest absolute Gasteiger partial charge is 0.331 e. The van der Waals surface area contributed by atoms with Gasteiger partial charge in [0.05, 0.1) is 5.02 Å². The number of carbonyl (C=O) groups excluding carboxylic acids is 3. The van der Waals surface area contributed by atoms with Crippen molar-refractivity contribution in [3.8, 4) is 11.3 Å². The predicted octanol–water partition coefficient (Wildman–Crippen LogP) is 3.45. The van der Waals surface area contributed by atoms with Gasteiger partial charge in [-0.1, -0.05) is 17.7 Å². The minimum Gasteiger partial charge on any atom is -0.457 e. The molecule has 0 radical (unpaired) electrons. The third kappa shape index (κ3) is 3.00. The van der Waals surface area contributed by atoms with Gasteiger partial charge in [-0.05, 0) is 46.3 Å². The molecule has 0 saturated carbocycles. The highest BCUT2D eigenvalue weighted by atomic mass is 79.9. The summed E-state index contributed by atoms with van der Waals surface area (Å²) in [7, 11) is 1.29. The number of carbonyl (C=O) groups is 3. The number of imide groups is 2. The van der Waals surface area contributed by atoms with Gasteiger partial charge >= 0.3 is 6.03 Å². The number of barbiturate groups is 1. The fraction of sp³-hybridized carbons (Fsp3) is 0.0625. The lowest BCUT2D eigenvalue weighted by molar-refractivity contribution is -0.129.